The van der Waals surface area contributed by atoms with E-state index in [2.05, 4.69) is 31.0 Å². The molecule has 1 aromatic rings. The van der Waals surface area contributed by atoms with Crippen LogP contribution in [0.15, 0.2) is 16.5 Å². The van der Waals surface area contributed by atoms with Gasteiger partial charge in [0.25, 0.3) is 0 Å². The molecule has 5 nitrogen and oxygen atoms in total. The van der Waals surface area contributed by atoms with Crippen molar-refractivity contribution in [3.05, 3.63) is 23.7 Å². The topological polar surface area (TPSA) is 48.7 Å². The number of fused-ring (bicyclic) bond motifs is 1. The molecule has 134 valence electrons. The highest BCUT2D eigenvalue weighted by Gasteiger charge is 2.34. The molecule has 0 aliphatic carbocycles. The van der Waals surface area contributed by atoms with Crippen molar-refractivity contribution in [3.8, 4) is 0 Å². The number of hydrogen-bond acceptors (Lipinski definition) is 3. The van der Waals surface area contributed by atoms with Crippen LogP contribution in [0.4, 0.5) is 4.79 Å². The summed E-state index contributed by atoms with van der Waals surface area (Å²) in [5.41, 5.74) is -0.106. The van der Waals surface area contributed by atoms with Gasteiger partial charge in [-0.3, -0.25) is 4.90 Å². The van der Waals surface area contributed by atoms with Crippen molar-refractivity contribution < 1.29 is 9.21 Å². The number of nitrogens with zero attached hydrogens (tertiary/aromatic N) is 2. The van der Waals surface area contributed by atoms with Gasteiger partial charge >= 0.3 is 6.03 Å². The number of urea groups is 1. The molecular weight excluding hydrogens is 302 g/mol. The number of nitrogens with one attached hydrogen (secondary N) is 1. The van der Waals surface area contributed by atoms with E-state index in [1.807, 2.05) is 24.0 Å². The molecule has 5 heteroatoms. The number of furan rings is 1. The van der Waals surface area contributed by atoms with Crippen LogP contribution < -0.4 is 5.32 Å². The van der Waals surface area contributed by atoms with Crippen LogP contribution in [0.25, 0.3) is 0 Å². The molecule has 2 aliphatic rings. The number of hydrogen-bond donors (Lipinski definition) is 1. The van der Waals surface area contributed by atoms with Gasteiger partial charge in [0.2, 0.25) is 0 Å². The lowest BCUT2D eigenvalue weighted by Gasteiger charge is -2.33. The van der Waals surface area contributed by atoms with Gasteiger partial charge in [-0.05, 0) is 50.3 Å². The van der Waals surface area contributed by atoms with Crippen LogP contribution in [0, 0.1) is 12.3 Å². The second-order valence-corrected chi connectivity index (χ2v) is 8.33. The third-order valence-electron chi connectivity index (χ3n) is 5.27. The Morgan fingerprint density at radius 1 is 1.25 bits per heavy atom. The summed E-state index contributed by atoms with van der Waals surface area (Å²) in [6, 6.07) is 4.39. The predicted octanol–water partition coefficient (Wildman–Crippen LogP) is 3.55. The smallest absolute Gasteiger partial charge is 0.318 e. The van der Waals surface area contributed by atoms with Crippen molar-refractivity contribution in [3.63, 3.8) is 0 Å². The van der Waals surface area contributed by atoms with Crippen molar-refractivity contribution in [1.82, 2.24) is 15.1 Å². The third-order valence-corrected chi connectivity index (χ3v) is 5.27. The fourth-order valence-corrected chi connectivity index (χ4v) is 3.93. The maximum absolute atomic E-state index is 12.9. The van der Waals surface area contributed by atoms with Crippen LogP contribution in [0.5, 0.6) is 0 Å². The number of amides is 2. The van der Waals surface area contributed by atoms with Gasteiger partial charge in [-0.1, -0.05) is 20.8 Å². The Morgan fingerprint density at radius 3 is 2.67 bits per heavy atom. The zero-order valence-corrected chi connectivity index (χ0v) is 15.5. The Labute approximate surface area is 145 Å². The van der Waals surface area contributed by atoms with Crippen LogP contribution in [0.3, 0.4) is 0 Å². The highest BCUT2D eigenvalue weighted by atomic mass is 16.3. The van der Waals surface area contributed by atoms with Gasteiger partial charge < -0.3 is 14.6 Å². The third kappa shape index (κ3) is 3.77. The number of aryl methyl sites for hydroxylation is 1. The van der Waals surface area contributed by atoms with E-state index in [1.54, 1.807) is 0 Å². The first-order valence-corrected chi connectivity index (χ1v) is 9.20. The first kappa shape index (κ1) is 17.3. The number of carbonyl (C=O) groups is 1. The molecule has 0 unspecified atom stereocenters. The Balaban J connectivity index is 1.71. The molecule has 0 spiro atoms. The second-order valence-electron chi connectivity index (χ2n) is 8.33. The number of carbonyl (C=O) groups excluding carboxylic acids is 1. The zero-order valence-electron chi connectivity index (χ0n) is 15.5. The molecule has 2 fully saturated rings. The highest BCUT2D eigenvalue weighted by molar-refractivity contribution is 5.75. The molecule has 3 heterocycles. The van der Waals surface area contributed by atoms with Crippen LogP contribution >= 0.6 is 0 Å². The summed E-state index contributed by atoms with van der Waals surface area (Å²) in [5, 5.41) is 3.24. The molecule has 0 saturated carbocycles. The van der Waals surface area contributed by atoms with Crippen LogP contribution in [-0.2, 0) is 0 Å². The Bertz CT molecular complexity index is 575. The van der Waals surface area contributed by atoms with Gasteiger partial charge in [-0.25, -0.2) is 4.79 Å². The summed E-state index contributed by atoms with van der Waals surface area (Å²) in [6.07, 6.45) is 3.53. The largest absolute Gasteiger partial charge is 0.464 e. The summed E-state index contributed by atoms with van der Waals surface area (Å²) in [4.78, 5) is 17.5. The van der Waals surface area contributed by atoms with Gasteiger partial charge in [0, 0.05) is 25.7 Å². The quantitative estimate of drug-likeness (QED) is 0.900. The average Bonchev–Trinajstić information content (AvgIpc) is 3.07. The maximum Gasteiger partial charge on any atom is 0.318 e. The van der Waals surface area contributed by atoms with Crippen LogP contribution in [0.1, 0.15) is 57.6 Å². The lowest BCUT2D eigenvalue weighted by molar-refractivity contribution is 0.167. The van der Waals surface area contributed by atoms with E-state index in [0.717, 1.165) is 37.6 Å². The van der Waals surface area contributed by atoms with Crippen molar-refractivity contribution in [2.24, 2.45) is 5.41 Å². The molecule has 1 aromatic heterocycles. The monoisotopic (exact) mass is 333 g/mol. The first-order valence-electron chi connectivity index (χ1n) is 9.20. The van der Waals surface area contributed by atoms with E-state index in [0.29, 0.717) is 6.04 Å². The van der Waals surface area contributed by atoms with Gasteiger partial charge in [-0.2, -0.15) is 0 Å². The van der Waals surface area contributed by atoms with E-state index in [-0.39, 0.29) is 17.5 Å². The normalized spacial score (nSPS) is 23.7. The number of rotatable bonds is 2. The van der Waals surface area contributed by atoms with Gasteiger partial charge in [0.1, 0.15) is 11.5 Å². The minimum atomic E-state index is -0.123. The lowest BCUT2D eigenvalue weighted by atomic mass is 9.85. The van der Waals surface area contributed by atoms with E-state index >= 15 is 0 Å². The van der Waals surface area contributed by atoms with Crippen molar-refractivity contribution in [2.45, 2.75) is 59.0 Å². The summed E-state index contributed by atoms with van der Waals surface area (Å²) >= 11 is 0. The maximum atomic E-state index is 12.9. The summed E-state index contributed by atoms with van der Waals surface area (Å²) < 4.78 is 5.81. The first-order chi connectivity index (χ1) is 11.3. The van der Waals surface area contributed by atoms with E-state index in [1.165, 1.54) is 19.4 Å². The molecule has 0 aromatic carbocycles. The highest BCUT2D eigenvalue weighted by Crippen LogP contribution is 2.34. The standard InChI is InChI=1S/C19H31N3O2/c1-14-8-9-16(24-14)17(19(2,3)4)20-18(23)22-12-6-11-21-10-5-7-15(21)13-22/h8-9,15,17H,5-7,10-13H2,1-4H3,(H,20,23)/t15-,17+/m0/s1. The minimum Gasteiger partial charge on any atom is -0.464 e. The molecule has 1 N–H and O–H groups in total. The van der Waals surface area contributed by atoms with Crippen molar-refractivity contribution in [2.75, 3.05) is 26.2 Å². The fraction of sp³-hybridized carbons (Fsp3) is 0.737. The van der Waals surface area contributed by atoms with E-state index < -0.39 is 0 Å². The van der Waals surface area contributed by atoms with Crippen LogP contribution in [0.2, 0.25) is 0 Å². The zero-order chi connectivity index (χ0) is 17.3. The molecule has 2 atom stereocenters. The van der Waals surface area contributed by atoms with E-state index in [4.69, 9.17) is 4.42 Å². The minimum absolute atomic E-state index is 0.0396. The predicted molar refractivity (Wildman–Crippen MR) is 95.0 cm³/mol. The molecule has 0 radical (unpaired) electrons. The molecule has 0 bridgehead atoms. The lowest BCUT2D eigenvalue weighted by Crippen LogP contribution is -2.47. The van der Waals surface area contributed by atoms with Crippen molar-refractivity contribution in [1.29, 1.82) is 0 Å². The summed E-state index contributed by atoms with van der Waals surface area (Å²) in [7, 11) is 0. The van der Waals surface area contributed by atoms with Gasteiger partial charge in [0.15, 0.2) is 0 Å². The van der Waals surface area contributed by atoms with Crippen LogP contribution in [-0.4, -0.2) is 48.1 Å². The summed E-state index contributed by atoms with van der Waals surface area (Å²) in [5.74, 6) is 1.72. The van der Waals surface area contributed by atoms with Gasteiger partial charge in [-0.15, -0.1) is 0 Å². The second kappa shape index (κ2) is 6.79. The van der Waals surface area contributed by atoms with Crippen molar-refractivity contribution >= 4 is 6.03 Å². The molecule has 2 amide bonds. The van der Waals surface area contributed by atoms with Gasteiger partial charge in [0.05, 0.1) is 6.04 Å². The molecule has 2 aliphatic heterocycles. The Kier molecular flexibility index (Phi) is 4.90. The Morgan fingerprint density at radius 2 is 2.00 bits per heavy atom. The molecule has 3 rings (SSSR count). The fourth-order valence-electron chi connectivity index (χ4n) is 3.93. The Hall–Kier alpha value is -1.49. The molecule has 2 saturated heterocycles. The molecule has 24 heavy (non-hydrogen) atoms. The average molecular weight is 333 g/mol. The SMILES string of the molecule is Cc1ccc([C@@H](NC(=O)N2CCCN3CCC[C@H]3C2)C(C)(C)C)o1. The summed E-state index contributed by atoms with van der Waals surface area (Å²) in [6.45, 7) is 12.3. The molecular formula is C19H31N3O2. The van der Waals surface area contributed by atoms with E-state index in [9.17, 15) is 4.79 Å².